The molecule has 0 bridgehead atoms. The molecule has 1 aromatic rings. The van der Waals surface area contributed by atoms with E-state index in [4.69, 9.17) is 4.74 Å². The van der Waals surface area contributed by atoms with Gasteiger partial charge in [0.15, 0.2) is 0 Å². The average Bonchev–Trinajstić information content (AvgIpc) is 2.29. The summed E-state index contributed by atoms with van der Waals surface area (Å²) in [6, 6.07) is 8.40. The molecule has 18 heavy (non-hydrogen) atoms. The van der Waals surface area contributed by atoms with E-state index in [-0.39, 0.29) is 11.5 Å². The van der Waals surface area contributed by atoms with Gasteiger partial charge in [-0.15, -0.1) is 0 Å². The summed E-state index contributed by atoms with van der Waals surface area (Å²) >= 11 is 0. The molecule has 0 radical (unpaired) electrons. The van der Waals surface area contributed by atoms with Crippen molar-refractivity contribution in [1.29, 1.82) is 0 Å². The Balaban J connectivity index is 2.65. The maximum absolute atomic E-state index is 5.65. The molecule has 0 aliphatic rings. The second-order valence-electron chi connectivity index (χ2n) is 5.53. The lowest BCUT2D eigenvalue weighted by Crippen LogP contribution is -2.37. The van der Waals surface area contributed by atoms with Crippen molar-refractivity contribution < 1.29 is 4.74 Å². The molecule has 0 aliphatic carbocycles. The number of rotatable bonds is 7. The molecule has 1 aromatic carbocycles. The molecule has 0 aromatic heterocycles. The van der Waals surface area contributed by atoms with Gasteiger partial charge < -0.3 is 15.4 Å². The van der Waals surface area contributed by atoms with E-state index in [1.54, 1.807) is 0 Å². The van der Waals surface area contributed by atoms with Crippen molar-refractivity contribution in [3.8, 4) is 5.75 Å². The van der Waals surface area contributed by atoms with Gasteiger partial charge >= 0.3 is 0 Å². The van der Waals surface area contributed by atoms with Gasteiger partial charge in [0.1, 0.15) is 5.75 Å². The van der Waals surface area contributed by atoms with Gasteiger partial charge in [-0.3, -0.25) is 0 Å². The van der Waals surface area contributed by atoms with Crippen molar-refractivity contribution in [2.45, 2.75) is 39.2 Å². The quantitative estimate of drug-likeness (QED) is 0.576. The molecule has 0 aliphatic heterocycles. The van der Waals surface area contributed by atoms with E-state index in [9.17, 15) is 0 Å². The van der Waals surface area contributed by atoms with Crippen molar-refractivity contribution in [1.82, 2.24) is 10.6 Å². The molecule has 0 heterocycles. The van der Waals surface area contributed by atoms with Gasteiger partial charge in [0.25, 0.3) is 0 Å². The fourth-order valence-electron chi connectivity index (χ4n) is 1.86. The maximum Gasteiger partial charge on any atom is 0.119 e. The van der Waals surface area contributed by atoms with Crippen LogP contribution in [0.2, 0.25) is 0 Å². The predicted octanol–water partition coefficient (Wildman–Crippen LogP) is 2.52. The number of benzene rings is 1. The third-order valence-corrected chi connectivity index (χ3v) is 2.88. The Morgan fingerprint density at radius 1 is 1.17 bits per heavy atom. The average molecular weight is 250 g/mol. The molecule has 102 valence electrons. The highest BCUT2D eigenvalue weighted by Crippen LogP contribution is 2.24. The Hall–Kier alpha value is -1.06. The first-order valence-corrected chi connectivity index (χ1v) is 6.58. The maximum atomic E-state index is 5.65. The first-order valence-electron chi connectivity index (χ1n) is 6.58. The Bertz CT molecular complexity index is 344. The third-order valence-electron chi connectivity index (χ3n) is 2.88. The van der Waals surface area contributed by atoms with Gasteiger partial charge in [-0.05, 0) is 38.6 Å². The van der Waals surface area contributed by atoms with E-state index in [1.165, 1.54) is 5.56 Å². The van der Waals surface area contributed by atoms with Gasteiger partial charge in [0.05, 0.1) is 6.10 Å². The largest absolute Gasteiger partial charge is 0.491 e. The van der Waals surface area contributed by atoms with E-state index in [1.807, 2.05) is 20.9 Å². The van der Waals surface area contributed by atoms with E-state index in [0.29, 0.717) is 0 Å². The summed E-state index contributed by atoms with van der Waals surface area (Å²) in [6.07, 6.45) is 0.223. The van der Waals surface area contributed by atoms with Crippen LogP contribution in [0.4, 0.5) is 0 Å². The van der Waals surface area contributed by atoms with Crippen molar-refractivity contribution in [3.05, 3.63) is 29.8 Å². The summed E-state index contributed by atoms with van der Waals surface area (Å²) in [6.45, 7) is 10.3. The Morgan fingerprint density at radius 2 is 1.78 bits per heavy atom. The van der Waals surface area contributed by atoms with Gasteiger partial charge in [-0.2, -0.15) is 0 Å². The molecule has 0 amide bonds. The Kier molecular flexibility index (Phi) is 5.63. The van der Waals surface area contributed by atoms with E-state index in [0.717, 1.165) is 19.0 Å². The minimum Gasteiger partial charge on any atom is -0.491 e. The van der Waals surface area contributed by atoms with Crippen LogP contribution in [0.15, 0.2) is 24.3 Å². The number of hydrogen-bond donors (Lipinski definition) is 2. The van der Waals surface area contributed by atoms with Crippen LogP contribution in [0.3, 0.4) is 0 Å². The second kappa shape index (κ2) is 6.76. The van der Waals surface area contributed by atoms with Gasteiger partial charge in [0, 0.05) is 18.6 Å². The molecule has 3 heteroatoms. The minimum absolute atomic E-state index is 0.118. The van der Waals surface area contributed by atoms with Crippen LogP contribution >= 0.6 is 0 Å². The first-order chi connectivity index (χ1) is 8.45. The zero-order chi connectivity index (χ0) is 13.6. The lowest BCUT2D eigenvalue weighted by atomic mass is 9.84. The number of hydrogen-bond acceptors (Lipinski definition) is 3. The summed E-state index contributed by atoms with van der Waals surface area (Å²) in [7, 11) is 1.94. The van der Waals surface area contributed by atoms with Gasteiger partial charge in [0.2, 0.25) is 0 Å². The highest BCUT2D eigenvalue weighted by atomic mass is 16.5. The first kappa shape index (κ1) is 15.0. The highest BCUT2D eigenvalue weighted by Gasteiger charge is 2.19. The topological polar surface area (TPSA) is 33.3 Å². The zero-order valence-electron chi connectivity index (χ0n) is 12.2. The predicted molar refractivity (Wildman–Crippen MR) is 77.2 cm³/mol. The Labute approximate surface area is 111 Å². The fraction of sp³-hybridized carbons (Fsp3) is 0.600. The molecule has 0 unspecified atom stereocenters. The molecule has 0 fully saturated rings. The van der Waals surface area contributed by atoms with Crippen LogP contribution < -0.4 is 15.4 Å². The number of ether oxygens (including phenoxy) is 1. The monoisotopic (exact) mass is 250 g/mol. The van der Waals surface area contributed by atoms with Crippen LogP contribution in [0.5, 0.6) is 5.75 Å². The summed E-state index contributed by atoms with van der Waals surface area (Å²) in [5, 5.41) is 6.47. The van der Waals surface area contributed by atoms with Gasteiger partial charge in [-0.1, -0.05) is 26.0 Å². The van der Waals surface area contributed by atoms with Crippen molar-refractivity contribution >= 4 is 0 Å². The molecular formula is C15H26N2O. The fourth-order valence-corrected chi connectivity index (χ4v) is 1.86. The SMILES string of the molecule is CNCNCC(C)(C)c1ccc(OC(C)C)cc1. The molecular weight excluding hydrogens is 224 g/mol. The lowest BCUT2D eigenvalue weighted by Gasteiger charge is -2.26. The summed E-state index contributed by atoms with van der Waals surface area (Å²) in [5.41, 5.74) is 1.44. The van der Waals surface area contributed by atoms with E-state index in [2.05, 4.69) is 48.7 Å². The second-order valence-corrected chi connectivity index (χ2v) is 5.53. The smallest absolute Gasteiger partial charge is 0.119 e. The molecule has 0 saturated heterocycles. The Morgan fingerprint density at radius 3 is 2.28 bits per heavy atom. The highest BCUT2D eigenvalue weighted by molar-refractivity contribution is 5.32. The van der Waals surface area contributed by atoms with Crippen LogP contribution in [0.1, 0.15) is 33.3 Å². The molecule has 3 nitrogen and oxygen atoms in total. The summed E-state index contributed by atoms with van der Waals surface area (Å²) in [5.74, 6) is 0.938. The van der Waals surface area contributed by atoms with Crippen molar-refractivity contribution in [2.75, 3.05) is 20.3 Å². The molecule has 1 rings (SSSR count). The van der Waals surface area contributed by atoms with Gasteiger partial charge in [-0.25, -0.2) is 0 Å². The zero-order valence-corrected chi connectivity index (χ0v) is 12.2. The molecule has 2 N–H and O–H groups in total. The standard InChI is InChI=1S/C15H26N2O/c1-12(2)18-14-8-6-13(7-9-14)15(3,4)10-17-11-16-5/h6-9,12,16-17H,10-11H2,1-5H3. The van der Waals surface area contributed by atoms with Crippen LogP contribution in [0.25, 0.3) is 0 Å². The summed E-state index contributed by atoms with van der Waals surface area (Å²) in [4.78, 5) is 0. The van der Waals surface area contributed by atoms with E-state index < -0.39 is 0 Å². The normalized spacial score (nSPS) is 11.9. The third kappa shape index (κ3) is 4.67. The van der Waals surface area contributed by atoms with Crippen molar-refractivity contribution in [3.63, 3.8) is 0 Å². The summed E-state index contributed by atoms with van der Waals surface area (Å²) < 4.78 is 5.65. The van der Waals surface area contributed by atoms with E-state index >= 15 is 0 Å². The lowest BCUT2D eigenvalue weighted by molar-refractivity contribution is 0.242. The van der Waals surface area contributed by atoms with Crippen LogP contribution in [-0.2, 0) is 5.41 Å². The van der Waals surface area contributed by atoms with Crippen LogP contribution in [0, 0.1) is 0 Å². The molecule has 0 atom stereocenters. The van der Waals surface area contributed by atoms with Crippen molar-refractivity contribution in [2.24, 2.45) is 0 Å². The minimum atomic E-state index is 0.118. The molecule has 0 spiro atoms. The number of nitrogens with one attached hydrogen (secondary N) is 2. The molecule has 0 saturated carbocycles. The van der Waals surface area contributed by atoms with Crippen LogP contribution in [-0.4, -0.2) is 26.4 Å².